The van der Waals surface area contributed by atoms with Crippen molar-refractivity contribution in [3.05, 3.63) is 217 Å². The van der Waals surface area contributed by atoms with Gasteiger partial charge < -0.3 is 19.6 Å². The molecule has 98 heavy (non-hydrogen) atoms. The Labute approximate surface area is 651 Å². The molecule has 0 atom stereocenters. The zero-order valence-corrected chi connectivity index (χ0v) is 70.6. The second kappa shape index (κ2) is 29.6. The predicted molar refractivity (Wildman–Crippen MR) is 426 cm³/mol. The Morgan fingerprint density at radius 1 is 0.316 bits per heavy atom. The molecule has 6 nitrogen and oxygen atoms in total. The van der Waals surface area contributed by atoms with E-state index >= 15 is 0 Å². The third kappa shape index (κ3) is 14.0. The molecule has 493 valence electrons. The number of rotatable bonds is 0. The third-order valence-electron chi connectivity index (χ3n) is 19.1. The second-order valence-corrected chi connectivity index (χ2v) is 36.9. The smallest absolute Gasteiger partial charge is 0.231 e. The minimum atomic E-state index is 0. The monoisotopic (exact) mass is 1680 g/mol. The average molecular weight is 1680 g/mol. The van der Waals surface area contributed by atoms with Gasteiger partial charge in [-0.05, 0) is 337 Å². The van der Waals surface area contributed by atoms with Crippen LogP contribution >= 0.6 is 108 Å². The second-order valence-electron chi connectivity index (χ2n) is 25.9. The zero-order valence-electron chi connectivity index (χ0n) is 57.6. The SMILES string of the molecule is Cc1cc2c(cc1C)-c1c(cc(C)c3c1OCO3)SS2.Cc1cc2c(cc1C)-c1c(cc(C)c3nc[nH]c13)SS2.Cc1cc2c(cc1C)-c1c(cc(C)c3ncccc13)SS2.Cc1cc2c(cc1C)-c1cc(C)c(C)cc1SS2.Cc1cc2c(cc1C)-c1cc(O)c(C)cc1SS2.[Ac]. The van der Waals surface area contributed by atoms with Gasteiger partial charge in [0.1, 0.15) is 5.75 Å². The van der Waals surface area contributed by atoms with E-state index in [9.17, 15) is 5.11 Å². The average Bonchev–Trinajstić information content (AvgIpc) is 1.67. The number of pyridine rings is 1. The fraction of sp³-hybridized carbons (Fsp3) is 0.210. The molecule has 0 amide bonds. The van der Waals surface area contributed by atoms with E-state index in [0.29, 0.717) is 12.5 Å². The number of benzene rings is 10. The number of nitrogens with one attached hydrogen (secondary N) is 1. The Morgan fingerprint density at radius 2 is 0.633 bits per heavy atom. The van der Waals surface area contributed by atoms with E-state index < -0.39 is 0 Å². The van der Waals surface area contributed by atoms with E-state index in [-0.39, 0.29) is 44.1 Å². The normalized spacial score (nSPS) is 13.4. The van der Waals surface area contributed by atoms with Crippen molar-refractivity contribution >= 4 is 130 Å². The van der Waals surface area contributed by atoms with Gasteiger partial charge in [-0.1, -0.05) is 114 Å². The fourth-order valence-electron chi connectivity index (χ4n) is 12.6. The number of aryl methyl sites for hydroxylation is 16. The van der Waals surface area contributed by atoms with Crippen LogP contribution in [0.1, 0.15) is 89.0 Å². The standard InChI is InChI=1S/C18H15NS2.C16H14N2S2.C16H14O2S2.C16H16S2.C15H14OS2.Ac/c1-10-7-14-15(8-11(10)2)20-21-16-9-12(3)18-13(17(14)16)5-4-6-19-18;2*1-8-4-11-12(5-9(8)2)19-20-13-6-10(3)15-16(14(11)13)18-7-17-15;1-9-5-13-14-6-10(2)12(4)8-16(14)18-17-15(13)7-11(9)3;1-8-4-11-12-7-13(16)10(3)6-15(12)18-17-14(11)5-9(8)2;/h4-9H,1-3H3;4-7H,1-3H3,(H,17,18);4-6H,7H2,1-3H3;5-8H,1-4H3;4-7,16H,1-3H3;. The van der Waals surface area contributed by atoms with Crippen LogP contribution in [0.2, 0.25) is 0 Å². The number of aromatic nitrogens is 3. The van der Waals surface area contributed by atoms with Gasteiger partial charge in [-0.15, -0.1) is 0 Å². The first kappa shape index (κ1) is 71.8. The summed E-state index contributed by atoms with van der Waals surface area (Å²) in [6, 6.07) is 42.5. The molecule has 6 aliphatic heterocycles. The maximum atomic E-state index is 9.91. The summed E-state index contributed by atoms with van der Waals surface area (Å²) in [7, 11) is 18.4. The molecule has 0 bridgehead atoms. The van der Waals surface area contributed by atoms with Crippen molar-refractivity contribution in [2.24, 2.45) is 0 Å². The van der Waals surface area contributed by atoms with E-state index in [1.165, 1.54) is 182 Å². The zero-order chi connectivity index (χ0) is 68.0. The number of aromatic hydroxyl groups is 1. The number of phenolic OH excluding ortho intramolecular Hbond substituents is 1. The molecule has 0 spiro atoms. The number of aromatic amines is 1. The topological polar surface area (TPSA) is 80.3 Å². The van der Waals surface area contributed by atoms with E-state index in [1.807, 2.05) is 112 Å². The van der Waals surface area contributed by atoms with Gasteiger partial charge in [0.25, 0.3) is 0 Å². The van der Waals surface area contributed by atoms with Crippen LogP contribution in [0, 0.1) is 155 Å². The summed E-state index contributed by atoms with van der Waals surface area (Å²) in [5.41, 5.74) is 37.2. The van der Waals surface area contributed by atoms with Crippen LogP contribution < -0.4 is 9.47 Å². The summed E-state index contributed by atoms with van der Waals surface area (Å²) >= 11 is 0. The fourth-order valence-corrected chi connectivity index (χ4v) is 25.2. The molecule has 0 saturated heterocycles. The van der Waals surface area contributed by atoms with E-state index in [1.54, 1.807) is 27.9 Å². The summed E-state index contributed by atoms with van der Waals surface area (Å²) < 4.78 is 11.4. The van der Waals surface area contributed by atoms with Crippen molar-refractivity contribution in [2.75, 3.05) is 6.79 Å². The number of imidazole rings is 1. The van der Waals surface area contributed by atoms with Crippen LogP contribution in [0.5, 0.6) is 17.2 Å². The van der Waals surface area contributed by atoms with Crippen LogP contribution in [-0.4, -0.2) is 26.9 Å². The van der Waals surface area contributed by atoms with Gasteiger partial charge in [0, 0.05) is 132 Å². The number of ether oxygens (including phenoxy) is 2. The first-order valence-electron chi connectivity index (χ1n) is 32.1. The molecule has 18 rings (SSSR count). The predicted octanol–water partition coefficient (Wildman–Crippen LogP) is 27.1. The van der Waals surface area contributed by atoms with Crippen molar-refractivity contribution in [1.82, 2.24) is 15.0 Å². The molecule has 0 fully saturated rings. The number of H-pyrrole nitrogens is 1. The summed E-state index contributed by atoms with van der Waals surface area (Å²) in [6.07, 6.45) is 3.68. The van der Waals surface area contributed by atoms with Gasteiger partial charge in [-0.3, -0.25) is 4.98 Å². The van der Waals surface area contributed by atoms with Gasteiger partial charge in [-0.25, -0.2) is 4.98 Å². The van der Waals surface area contributed by atoms with Crippen molar-refractivity contribution < 1.29 is 58.6 Å². The van der Waals surface area contributed by atoms with Crippen molar-refractivity contribution in [2.45, 2.75) is 160 Å². The molecule has 0 aliphatic carbocycles. The third-order valence-corrected chi connectivity index (χ3v) is 31.2. The van der Waals surface area contributed by atoms with Gasteiger partial charge in [0.05, 0.1) is 22.9 Å². The van der Waals surface area contributed by atoms with E-state index in [2.05, 4.69) is 222 Å². The molecule has 10 aromatic carbocycles. The Morgan fingerprint density at radius 3 is 1.09 bits per heavy atom. The molecule has 2 aromatic heterocycles. The Balaban J connectivity index is 0.000000110. The quantitative estimate of drug-likeness (QED) is 0.141. The molecule has 0 saturated carbocycles. The Bertz CT molecular complexity index is 5050. The first-order chi connectivity index (χ1) is 46.6. The summed E-state index contributed by atoms with van der Waals surface area (Å²) in [5, 5.41) is 11.2. The largest absolute Gasteiger partial charge is 0.508 e. The molecule has 17 heteroatoms. The molecule has 0 unspecified atom stereocenters. The van der Waals surface area contributed by atoms with Crippen molar-refractivity contribution in [1.29, 1.82) is 0 Å². The van der Waals surface area contributed by atoms with Crippen LogP contribution in [0.25, 0.3) is 77.6 Å². The summed E-state index contributed by atoms with van der Waals surface area (Å²) in [5.74, 6) is 2.20. The number of hydrogen-bond acceptors (Lipinski definition) is 15. The van der Waals surface area contributed by atoms with Gasteiger partial charge in [0.2, 0.25) is 6.79 Å². The molecular weight excluding hydrogens is 1610 g/mol. The van der Waals surface area contributed by atoms with Crippen LogP contribution in [0.15, 0.2) is 177 Å². The van der Waals surface area contributed by atoms with Gasteiger partial charge in [0.15, 0.2) is 11.5 Å². The number of hydrogen-bond donors (Lipinski definition) is 2. The van der Waals surface area contributed by atoms with Crippen LogP contribution in [-0.2, 0) is 0 Å². The number of fused-ring (bicyclic) bond motifs is 21. The van der Waals surface area contributed by atoms with E-state index in [4.69, 9.17) is 9.47 Å². The maximum Gasteiger partial charge on any atom is 0.231 e. The van der Waals surface area contributed by atoms with Crippen molar-refractivity contribution in [3.63, 3.8) is 0 Å². The first-order valence-corrected chi connectivity index (χ1v) is 42.9. The molecule has 12 aromatic rings. The van der Waals surface area contributed by atoms with Crippen LogP contribution in [0.4, 0.5) is 0 Å². The molecule has 1 radical (unpaired) electrons. The Kier molecular flexibility index (Phi) is 21.7. The molecule has 8 heterocycles. The molecule has 2 N–H and O–H groups in total. The van der Waals surface area contributed by atoms with Gasteiger partial charge in [-0.2, -0.15) is 0 Å². The summed E-state index contributed by atoms with van der Waals surface area (Å²) in [4.78, 5) is 25.7. The number of phenols is 1. The van der Waals surface area contributed by atoms with Gasteiger partial charge >= 0.3 is 0 Å². The maximum absolute atomic E-state index is 9.91. The summed E-state index contributed by atoms with van der Waals surface area (Å²) in [6.45, 7) is 34.7. The Hall–Kier alpha value is -4.58. The minimum Gasteiger partial charge on any atom is -0.508 e. The number of nitrogens with zero attached hydrogens (tertiary/aromatic N) is 2. The minimum absolute atomic E-state index is 0. The molecular formula is C81H73AcN3O3S10. The van der Waals surface area contributed by atoms with E-state index in [0.717, 1.165) is 44.7 Å². The molecule has 6 aliphatic rings. The van der Waals surface area contributed by atoms with Crippen LogP contribution in [0.3, 0.4) is 0 Å². The van der Waals surface area contributed by atoms with Crippen molar-refractivity contribution in [3.8, 4) is 72.9 Å².